The van der Waals surface area contributed by atoms with E-state index in [0.29, 0.717) is 12.0 Å². The Hall–Kier alpha value is -0.910. The normalized spacial score (nSPS) is 13.9. The Kier molecular flexibility index (Phi) is 4.68. The van der Waals surface area contributed by atoms with Crippen molar-refractivity contribution in [3.8, 4) is 0 Å². The van der Waals surface area contributed by atoms with Gasteiger partial charge < -0.3 is 5.32 Å². The van der Waals surface area contributed by atoms with Crippen molar-refractivity contribution in [1.82, 2.24) is 5.32 Å². The fourth-order valence-electron chi connectivity index (χ4n) is 1.31. The molecule has 1 aromatic rings. The molecule has 1 atom stereocenters. The van der Waals surface area contributed by atoms with Crippen LogP contribution in [0.2, 0.25) is 0 Å². The Morgan fingerprint density at radius 3 is 2.12 bits per heavy atom. The molecule has 0 aliphatic heterocycles. The van der Waals surface area contributed by atoms with Crippen molar-refractivity contribution >= 4 is 10.0 Å². The first-order chi connectivity index (χ1) is 7.80. The summed E-state index contributed by atoms with van der Waals surface area (Å²) < 4.78 is 22.1. The second-order valence-electron chi connectivity index (χ2n) is 4.60. The molecule has 0 saturated heterocycles. The monoisotopic (exact) mass is 256 g/mol. The number of hydrogen-bond donors (Lipinski definition) is 2. The molecule has 0 saturated carbocycles. The first-order valence-electron chi connectivity index (χ1n) is 5.66. The van der Waals surface area contributed by atoms with Gasteiger partial charge in [-0.05, 0) is 30.5 Å². The minimum Gasteiger partial charge on any atom is -0.310 e. The maximum Gasteiger partial charge on any atom is 0.238 e. The predicted molar refractivity (Wildman–Crippen MR) is 69.0 cm³/mol. The predicted octanol–water partition coefficient (Wildman–Crippen LogP) is 1.47. The van der Waals surface area contributed by atoms with E-state index in [0.717, 1.165) is 12.1 Å². The van der Waals surface area contributed by atoms with E-state index in [-0.39, 0.29) is 4.90 Å². The molecule has 1 rings (SSSR count). The summed E-state index contributed by atoms with van der Waals surface area (Å²) in [6.07, 6.45) is 0. The summed E-state index contributed by atoms with van der Waals surface area (Å²) in [6.45, 7) is 7.16. The lowest BCUT2D eigenvalue weighted by atomic mass is 10.1. The zero-order chi connectivity index (χ0) is 13.1. The smallest absolute Gasteiger partial charge is 0.238 e. The summed E-state index contributed by atoms with van der Waals surface area (Å²) in [5.41, 5.74) is 1.05. The lowest BCUT2D eigenvalue weighted by molar-refractivity contribution is 0.426. The molecular formula is C12H20N2O2S. The quantitative estimate of drug-likeness (QED) is 0.838. The number of nitrogens with two attached hydrogens (primary N) is 1. The van der Waals surface area contributed by atoms with Gasteiger partial charge >= 0.3 is 0 Å². The molecule has 0 aliphatic carbocycles. The lowest BCUT2D eigenvalue weighted by Gasteiger charge is -2.17. The molecule has 4 nitrogen and oxygen atoms in total. The van der Waals surface area contributed by atoms with Gasteiger partial charge in [0.2, 0.25) is 10.0 Å². The summed E-state index contributed by atoms with van der Waals surface area (Å²) in [5, 5.41) is 8.40. The van der Waals surface area contributed by atoms with Crippen LogP contribution >= 0.6 is 0 Å². The van der Waals surface area contributed by atoms with Gasteiger partial charge in [0.05, 0.1) is 4.90 Å². The van der Waals surface area contributed by atoms with E-state index in [1.165, 1.54) is 12.1 Å². The standard InChI is InChI=1S/C12H20N2O2S/c1-9(2)10(3)14-8-11-4-6-12(7-5-11)17(13,15)16/h4-7,9-10,14H,8H2,1-3H3,(H2,13,15,16). The van der Waals surface area contributed by atoms with E-state index in [1.807, 2.05) is 0 Å². The third-order valence-electron chi connectivity index (χ3n) is 2.88. The van der Waals surface area contributed by atoms with Crippen LogP contribution in [0.5, 0.6) is 0 Å². The van der Waals surface area contributed by atoms with E-state index in [9.17, 15) is 8.42 Å². The van der Waals surface area contributed by atoms with E-state index in [4.69, 9.17) is 5.14 Å². The minimum absolute atomic E-state index is 0.151. The summed E-state index contributed by atoms with van der Waals surface area (Å²) in [7, 11) is -3.58. The Balaban J connectivity index is 2.64. The van der Waals surface area contributed by atoms with Gasteiger partial charge in [0, 0.05) is 12.6 Å². The van der Waals surface area contributed by atoms with Crippen LogP contribution in [-0.4, -0.2) is 14.5 Å². The Morgan fingerprint density at radius 2 is 1.71 bits per heavy atom. The molecule has 5 heteroatoms. The van der Waals surface area contributed by atoms with Crippen molar-refractivity contribution in [2.45, 2.75) is 38.3 Å². The van der Waals surface area contributed by atoms with Crippen molar-refractivity contribution < 1.29 is 8.42 Å². The number of sulfonamides is 1. The van der Waals surface area contributed by atoms with Gasteiger partial charge in [-0.25, -0.2) is 13.6 Å². The molecule has 0 fully saturated rings. The topological polar surface area (TPSA) is 72.2 Å². The van der Waals surface area contributed by atoms with Crippen molar-refractivity contribution in [3.63, 3.8) is 0 Å². The third-order valence-corrected chi connectivity index (χ3v) is 3.81. The number of nitrogens with one attached hydrogen (secondary N) is 1. The third kappa shape index (κ3) is 4.46. The van der Waals surface area contributed by atoms with Crippen molar-refractivity contribution in [3.05, 3.63) is 29.8 Å². The molecule has 17 heavy (non-hydrogen) atoms. The SMILES string of the molecule is CC(C)C(C)NCc1ccc(S(N)(=O)=O)cc1. The molecule has 1 aromatic carbocycles. The highest BCUT2D eigenvalue weighted by molar-refractivity contribution is 7.89. The summed E-state index contributed by atoms with van der Waals surface area (Å²) >= 11 is 0. The number of hydrogen-bond acceptors (Lipinski definition) is 3. The molecule has 0 spiro atoms. The fraction of sp³-hybridized carbons (Fsp3) is 0.500. The van der Waals surface area contributed by atoms with Gasteiger partial charge in [-0.1, -0.05) is 26.0 Å². The van der Waals surface area contributed by atoms with Gasteiger partial charge in [0.15, 0.2) is 0 Å². The molecule has 0 amide bonds. The van der Waals surface area contributed by atoms with Crippen molar-refractivity contribution in [2.24, 2.45) is 11.1 Å². The number of rotatable bonds is 5. The Morgan fingerprint density at radius 1 is 1.18 bits per heavy atom. The summed E-state index contributed by atoms with van der Waals surface area (Å²) in [4.78, 5) is 0.151. The zero-order valence-electron chi connectivity index (χ0n) is 10.5. The molecule has 96 valence electrons. The van der Waals surface area contributed by atoms with E-state index >= 15 is 0 Å². The van der Waals surface area contributed by atoms with Crippen LogP contribution in [0.3, 0.4) is 0 Å². The first-order valence-corrected chi connectivity index (χ1v) is 7.20. The first kappa shape index (κ1) is 14.2. The maximum atomic E-state index is 11.1. The molecule has 0 radical (unpaired) electrons. The second kappa shape index (κ2) is 5.62. The number of primary sulfonamides is 1. The average Bonchev–Trinajstić information content (AvgIpc) is 2.25. The van der Waals surface area contributed by atoms with Crippen LogP contribution in [-0.2, 0) is 16.6 Å². The van der Waals surface area contributed by atoms with Gasteiger partial charge in [0.1, 0.15) is 0 Å². The van der Waals surface area contributed by atoms with Gasteiger partial charge in [0.25, 0.3) is 0 Å². The van der Waals surface area contributed by atoms with Gasteiger partial charge in [-0.15, -0.1) is 0 Å². The van der Waals surface area contributed by atoms with E-state index < -0.39 is 10.0 Å². The van der Waals surface area contributed by atoms with Crippen molar-refractivity contribution in [2.75, 3.05) is 0 Å². The lowest BCUT2D eigenvalue weighted by Crippen LogP contribution is -2.30. The summed E-state index contributed by atoms with van der Waals surface area (Å²) in [6, 6.07) is 7.05. The Labute approximate surface area is 103 Å². The highest BCUT2D eigenvalue weighted by Crippen LogP contribution is 2.09. The van der Waals surface area contributed by atoms with Crippen LogP contribution in [0.25, 0.3) is 0 Å². The van der Waals surface area contributed by atoms with Crippen molar-refractivity contribution in [1.29, 1.82) is 0 Å². The molecule has 1 unspecified atom stereocenters. The highest BCUT2D eigenvalue weighted by atomic mass is 32.2. The fourth-order valence-corrected chi connectivity index (χ4v) is 1.83. The molecule has 0 bridgehead atoms. The van der Waals surface area contributed by atoms with Crippen LogP contribution < -0.4 is 10.5 Å². The van der Waals surface area contributed by atoms with Crippen LogP contribution in [0, 0.1) is 5.92 Å². The average molecular weight is 256 g/mol. The van der Waals surface area contributed by atoms with Gasteiger partial charge in [-0.2, -0.15) is 0 Å². The number of benzene rings is 1. The molecule has 0 aromatic heterocycles. The summed E-state index contributed by atoms with van der Waals surface area (Å²) in [5.74, 6) is 0.568. The minimum atomic E-state index is -3.58. The Bertz CT molecular complexity index is 452. The van der Waals surface area contributed by atoms with Crippen LogP contribution in [0.15, 0.2) is 29.2 Å². The van der Waals surface area contributed by atoms with E-state index in [2.05, 4.69) is 26.1 Å². The molecule has 3 N–H and O–H groups in total. The highest BCUT2D eigenvalue weighted by Gasteiger charge is 2.08. The van der Waals surface area contributed by atoms with Gasteiger partial charge in [-0.3, -0.25) is 0 Å². The molecule has 0 heterocycles. The zero-order valence-corrected chi connectivity index (χ0v) is 11.3. The van der Waals surface area contributed by atoms with E-state index in [1.54, 1.807) is 12.1 Å². The molecule has 0 aliphatic rings. The molecular weight excluding hydrogens is 236 g/mol. The van der Waals surface area contributed by atoms with Crippen LogP contribution in [0.4, 0.5) is 0 Å². The maximum absolute atomic E-state index is 11.1. The van der Waals surface area contributed by atoms with Crippen LogP contribution in [0.1, 0.15) is 26.3 Å². The second-order valence-corrected chi connectivity index (χ2v) is 6.16. The largest absolute Gasteiger partial charge is 0.310 e.